The van der Waals surface area contributed by atoms with Gasteiger partial charge in [0.15, 0.2) is 5.69 Å². The zero-order chi connectivity index (χ0) is 24.4. The Balaban J connectivity index is 1.18. The van der Waals surface area contributed by atoms with Crippen LogP contribution >= 0.6 is 0 Å². The van der Waals surface area contributed by atoms with Gasteiger partial charge in [0, 0.05) is 18.2 Å². The predicted molar refractivity (Wildman–Crippen MR) is 123 cm³/mol. The van der Waals surface area contributed by atoms with Gasteiger partial charge in [0.05, 0.1) is 11.9 Å². The van der Waals surface area contributed by atoms with Crippen LogP contribution in [0.4, 0.5) is 16.4 Å². The SMILES string of the molecule is O=C(O)Cn1cc(NC(=O)c2cc(NC(=O)OCC3c4ccccc4-c4ccccc43)on2)cn1. The molecule has 3 N–H and O–H groups in total. The highest BCUT2D eigenvalue weighted by molar-refractivity contribution is 6.03. The molecule has 35 heavy (non-hydrogen) atoms. The van der Waals surface area contributed by atoms with Crippen molar-refractivity contribution in [3.63, 3.8) is 0 Å². The Morgan fingerprint density at radius 2 is 1.71 bits per heavy atom. The lowest BCUT2D eigenvalue weighted by Gasteiger charge is -2.13. The summed E-state index contributed by atoms with van der Waals surface area (Å²) in [4.78, 5) is 35.4. The minimum atomic E-state index is -1.06. The molecule has 0 saturated carbocycles. The summed E-state index contributed by atoms with van der Waals surface area (Å²) in [6.07, 6.45) is 1.92. The molecule has 11 heteroatoms. The van der Waals surface area contributed by atoms with Gasteiger partial charge in [0.2, 0.25) is 5.88 Å². The molecule has 0 aliphatic heterocycles. The Bertz CT molecular complexity index is 1380. The number of aromatic nitrogens is 3. The van der Waals surface area contributed by atoms with Crippen LogP contribution in [0, 0.1) is 0 Å². The number of carbonyl (C=O) groups is 3. The molecule has 1 aliphatic carbocycles. The molecule has 176 valence electrons. The molecule has 0 saturated heterocycles. The number of anilines is 2. The van der Waals surface area contributed by atoms with Crippen LogP contribution in [0.25, 0.3) is 11.1 Å². The number of aliphatic carboxylic acids is 1. The van der Waals surface area contributed by atoms with Gasteiger partial charge in [-0.3, -0.25) is 19.6 Å². The van der Waals surface area contributed by atoms with E-state index in [0.717, 1.165) is 26.9 Å². The van der Waals surface area contributed by atoms with E-state index < -0.39 is 18.0 Å². The van der Waals surface area contributed by atoms with Gasteiger partial charge in [-0.05, 0) is 22.3 Å². The van der Waals surface area contributed by atoms with Crippen LogP contribution in [-0.4, -0.2) is 44.6 Å². The molecule has 0 atom stereocenters. The number of fused-ring (bicyclic) bond motifs is 3. The van der Waals surface area contributed by atoms with Gasteiger partial charge < -0.3 is 19.7 Å². The number of nitrogens with zero attached hydrogens (tertiary/aromatic N) is 3. The Hall–Kier alpha value is -4.93. The van der Waals surface area contributed by atoms with Crippen molar-refractivity contribution in [1.82, 2.24) is 14.9 Å². The zero-order valence-electron chi connectivity index (χ0n) is 18.2. The fraction of sp³-hybridized carbons (Fsp3) is 0.125. The molecule has 5 rings (SSSR count). The monoisotopic (exact) mass is 473 g/mol. The summed E-state index contributed by atoms with van der Waals surface area (Å²) < 4.78 is 11.6. The number of nitrogens with one attached hydrogen (secondary N) is 2. The summed E-state index contributed by atoms with van der Waals surface area (Å²) in [5.74, 6) is -1.84. The third-order valence-electron chi connectivity index (χ3n) is 5.50. The normalized spacial score (nSPS) is 12.0. The number of hydrogen-bond acceptors (Lipinski definition) is 7. The van der Waals surface area contributed by atoms with E-state index in [9.17, 15) is 14.4 Å². The topological polar surface area (TPSA) is 149 Å². The minimum Gasteiger partial charge on any atom is -0.480 e. The maximum absolute atomic E-state index is 12.4. The van der Waals surface area contributed by atoms with Gasteiger partial charge in [0.25, 0.3) is 5.91 Å². The molecule has 2 heterocycles. The molecular formula is C24H19N5O6. The fourth-order valence-electron chi connectivity index (χ4n) is 4.02. The number of rotatable bonds is 7. The first-order valence-electron chi connectivity index (χ1n) is 10.6. The fourth-order valence-corrected chi connectivity index (χ4v) is 4.02. The molecule has 2 aromatic heterocycles. The smallest absolute Gasteiger partial charge is 0.414 e. The second-order valence-electron chi connectivity index (χ2n) is 7.80. The van der Waals surface area contributed by atoms with E-state index in [1.54, 1.807) is 0 Å². The summed E-state index contributed by atoms with van der Waals surface area (Å²) in [6.45, 7) is -0.213. The summed E-state index contributed by atoms with van der Waals surface area (Å²) in [5.41, 5.74) is 4.61. The molecule has 0 radical (unpaired) electrons. The lowest BCUT2D eigenvalue weighted by molar-refractivity contribution is -0.137. The lowest BCUT2D eigenvalue weighted by Crippen LogP contribution is -2.17. The predicted octanol–water partition coefficient (Wildman–Crippen LogP) is 3.57. The summed E-state index contributed by atoms with van der Waals surface area (Å²) in [5, 5.41) is 21.2. The van der Waals surface area contributed by atoms with Crippen molar-refractivity contribution < 1.29 is 28.8 Å². The first-order valence-corrected chi connectivity index (χ1v) is 10.6. The molecule has 0 spiro atoms. The number of amides is 2. The Labute approximate surface area is 198 Å². The number of carboxylic acids is 1. The van der Waals surface area contributed by atoms with Crippen LogP contribution in [0.5, 0.6) is 0 Å². The number of carbonyl (C=O) groups excluding carboxylic acids is 2. The standard InChI is InChI=1S/C24H19N5O6/c30-22(31)12-29-11-14(10-25-29)26-23(32)20-9-21(35-28-20)27-24(33)34-13-19-17-7-3-1-5-15(17)16-6-2-4-8-18(16)19/h1-11,19H,12-13H2,(H,26,32)(H,27,33)(H,30,31). The van der Waals surface area contributed by atoms with Crippen molar-refractivity contribution in [1.29, 1.82) is 0 Å². The van der Waals surface area contributed by atoms with Crippen LogP contribution in [0.1, 0.15) is 27.5 Å². The minimum absolute atomic E-state index is 0.0612. The van der Waals surface area contributed by atoms with E-state index >= 15 is 0 Å². The molecular weight excluding hydrogens is 454 g/mol. The van der Waals surface area contributed by atoms with E-state index in [2.05, 4.69) is 20.9 Å². The van der Waals surface area contributed by atoms with Crippen molar-refractivity contribution in [2.75, 3.05) is 17.2 Å². The van der Waals surface area contributed by atoms with E-state index in [1.807, 2.05) is 48.5 Å². The number of ether oxygens (including phenoxy) is 1. The molecule has 11 nitrogen and oxygen atoms in total. The maximum Gasteiger partial charge on any atom is 0.414 e. The van der Waals surface area contributed by atoms with Crippen LogP contribution in [0.2, 0.25) is 0 Å². The summed E-state index contributed by atoms with van der Waals surface area (Å²) in [7, 11) is 0. The highest BCUT2D eigenvalue weighted by Crippen LogP contribution is 2.44. The average molecular weight is 473 g/mol. The Kier molecular flexibility index (Phi) is 5.71. The van der Waals surface area contributed by atoms with Gasteiger partial charge in [-0.1, -0.05) is 53.7 Å². The highest BCUT2D eigenvalue weighted by Gasteiger charge is 2.29. The quantitative estimate of drug-likeness (QED) is 0.369. The third kappa shape index (κ3) is 4.60. The maximum atomic E-state index is 12.4. The molecule has 0 fully saturated rings. The third-order valence-corrected chi connectivity index (χ3v) is 5.50. The van der Waals surface area contributed by atoms with E-state index in [1.165, 1.54) is 18.5 Å². The molecule has 1 aliphatic rings. The number of hydrogen-bond donors (Lipinski definition) is 3. The van der Waals surface area contributed by atoms with Gasteiger partial charge in [-0.25, -0.2) is 4.79 Å². The average Bonchev–Trinajstić information content (AvgIpc) is 3.55. The number of benzene rings is 2. The largest absolute Gasteiger partial charge is 0.480 e. The van der Waals surface area contributed by atoms with Crippen LogP contribution in [0.15, 0.2) is 71.5 Å². The van der Waals surface area contributed by atoms with E-state index in [-0.39, 0.29) is 36.3 Å². The first-order chi connectivity index (χ1) is 17.0. The van der Waals surface area contributed by atoms with Gasteiger partial charge in [-0.15, -0.1) is 0 Å². The molecule has 0 unspecified atom stereocenters. The molecule has 0 bridgehead atoms. The molecule has 4 aromatic rings. The summed E-state index contributed by atoms with van der Waals surface area (Å²) in [6, 6.07) is 17.3. The van der Waals surface area contributed by atoms with Crippen molar-refractivity contribution in [3.05, 3.63) is 83.8 Å². The second kappa shape index (κ2) is 9.14. The van der Waals surface area contributed by atoms with E-state index in [0.29, 0.717) is 0 Å². The van der Waals surface area contributed by atoms with E-state index in [4.69, 9.17) is 14.4 Å². The lowest BCUT2D eigenvalue weighted by atomic mass is 9.98. The second-order valence-corrected chi connectivity index (χ2v) is 7.80. The van der Waals surface area contributed by atoms with Crippen molar-refractivity contribution in [3.8, 4) is 11.1 Å². The van der Waals surface area contributed by atoms with Crippen LogP contribution in [0.3, 0.4) is 0 Å². The Morgan fingerprint density at radius 3 is 2.40 bits per heavy atom. The van der Waals surface area contributed by atoms with Crippen LogP contribution < -0.4 is 10.6 Å². The van der Waals surface area contributed by atoms with Gasteiger partial charge in [0.1, 0.15) is 13.2 Å². The number of carboxylic acid groups (broad SMARTS) is 1. The summed E-state index contributed by atoms with van der Waals surface area (Å²) >= 11 is 0. The Morgan fingerprint density at radius 1 is 1.03 bits per heavy atom. The van der Waals surface area contributed by atoms with Crippen molar-refractivity contribution >= 4 is 29.5 Å². The molecule has 2 amide bonds. The molecule has 2 aromatic carbocycles. The van der Waals surface area contributed by atoms with Crippen molar-refractivity contribution in [2.45, 2.75) is 12.5 Å². The van der Waals surface area contributed by atoms with Crippen LogP contribution in [-0.2, 0) is 16.1 Å². The highest BCUT2D eigenvalue weighted by atomic mass is 16.6. The van der Waals surface area contributed by atoms with Gasteiger partial charge >= 0.3 is 12.1 Å². The van der Waals surface area contributed by atoms with Crippen molar-refractivity contribution in [2.24, 2.45) is 0 Å². The van der Waals surface area contributed by atoms with Gasteiger partial charge in [-0.2, -0.15) is 5.10 Å². The first kappa shape index (κ1) is 21.9. The zero-order valence-corrected chi connectivity index (χ0v) is 18.2.